The van der Waals surface area contributed by atoms with E-state index < -0.39 is 0 Å². The standard InChI is InChI=1S/C14H22N2O2/c1-2-18-13-7-5-11(6-8-13)14(16-15)12-4-3-9-17-10-12/h5-8,12,14,16H,2-4,9-10,15H2,1H3. The molecular weight excluding hydrogens is 228 g/mol. The Hall–Kier alpha value is -1.10. The fourth-order valence-corrected chi connectivity index (χ4v) is 2.47. The van der Waals surface area contributed by atoms with Crippen LogP contribution in [0.4, 0.5) is 0 Å². The van der Waals surface area contributed by atoms with Gasteiger partial charge in [0.25, 0.3) is 0 Å². The molecule has 4 nitrogen and oxygen atoms in total. The molecule has 3 N–H and O–H groups in total. The molecule has 0 aliphatic carbocycles. The van der Waals surface area contributed by atoms with Crippen LogP contribution >= 0.6 is 0 Å². The second-order valence-electron chi connectivity index (χ2n) is 4.62. The van der Waals surface area contributed by atoms with Crippen molar-refractivity contribution in [3.05, 3.63) is 29.8 Å². The number of nitrogens with one attached hydrogen (secondary N) is 1. The van der Waals surface area contributed by atoms with Gasteiger partial charge in [-0.05, 0) is 37.5 Å². The van der Waals surface area contributed by atoms with Gasteiger partial charge in [0, 0.05) is 12.5 Å². The molecular formula is C14H22N2O2. The van der Waals surface area contributed by atoms with Crippen LogP contribution in [0.1, 0.15) is 31.4 Å². The molecule has 0 bridgehead atoms. The summed E-state index contributed by atoms with van der Waals surface area (Å²) in [5, 5.41) is 0. The Morgan fingerprint density at radius 2 is 2.22 bits per heavy atom. The highest BCUT2D eigenvalue weighted by molar-refractivity contribution is 5.29. The highest BCUT2D eigenvalue weighted by Gasteiger charge is 2.24. The lowest BCUT2D eigenvalue weighted by atomic mass is 9.89. The number of hydrogen-bond donors (Lipinski definition) is 2. The zero-order valence-electron chi connectivity index (χ0n) is 10.9. The summed E-state index contributed by atoms with van der Waals surface area (Å²) in [5.41, 5.74) is 4.11. The van der Waals surface area contributed by atoms with Crippen molar-refractivity contribution in [2.75, 3.05) is 19.8 Å². The van der Waals surface area contributed by atoms with E-state index in [1.54, 1.807) is 0 Å². The largest absolute Gasteiger partial charge is 0.494 e. The highest BCUT2D eigenvalue weighted by atomic mass is 16.5. The van der Waals surface area contributed by atoms with Crippen LogP contribution < -0.4 is 16.0 Å². The SMILES string of the molecule is CCOc1ccc(C(NN)C2CCCOC2)cc1. The van der Waals surface area contributed by atoms with E-state index in [9.17, 15) is 0 Å². The number of hydrazine groups is 1. The van der Waals surface area contributed by atoms with E-state index in [2.05, 4.69) is 17.6 Å². The Morgan fingerprint density at radius 3 is 2.78 bits per heavy atom. The van der Waals surface area contributed by atoms with E-state index in [1.807, 2.05) is 19.1 Å². The Balaban J connectivity index is 2.06. The van der Waals surface area contributed by atoms with Crippen molar-refractivity contribution in [2.45, 2.75) is 25.8 Å². The Labute approximate surface area is 108 Å². The molecule has 1 aliphatic heterocycles. The van der Waals surface area contributed by atoms with Gasteiger partial charge < -0.3 is 9.47 Å². The first-order valence-electron chi connectivity index (χ1n) is 6.61. The third kappa shape index (κ3) is 3.22. The first-order valence-corrected chi connectivity index (χ1v) is 6.61. The van der Waals surface area contributed by atoms with Crippen molar-refractivity contribution >= 4 is 0 Å². The second-order valence-corrected chi connectivity index (χ2v) is 4.62. The van der Waals surface area contributed by atoms with E-state index in [1.165, 1.54) is 5.56 Å². The summed E-state index contributed by atoms with van der Waals surface area (Å²) in [6.07, 6.45) is 2.27. The molecule has 0 amide bonds. The lowest BCUT2D eigenvalue weighted by Gasteiger charge is -2.30. The maximum atomic E-state index is 5.70. The quantitative estimate of drug-likeness (QED) is 0.620. The topological polar surface area (TPSA) is 56.5 Å². The average Bonchev–Trinajstić information content (AvgIpc) is 2.43. The van der Waals surface area contributed by atoms with Crippen LogP contribution in [-0.4, -0.2) is 19.8 Å². The number of rotatable bonds is 5. The van der Waals surface area contributed by atoms with Crippen LogP contribution in [-0.2, 0) is 4.74 Å². The molecule has 2 unspecified atom stereocenters. The molecule has 0 aromatic heterocycles. The lowest BCUT2D eigenvalue weighted by molar-refractivity contribution is 0.0390. The molecule has 0 radical (unpaired) electrons. The summed E-state index contributed by atoms with van der Waals surface area (Å²) in [4.78, 5) is 0. The first-order chi connectivity index (χ1) is 8.85. The van der Waals surface area contributed by atoms with Gasteiger partial charge in [-0.15, -0.1) is 0 Å². The normalized spacial score (nSPS) is 21.6. The van der Waals surface area contributed by atoms with Crippen LogP contribution in [0.3, 0.4) is 0 Å². The minimum absolute atomic E-state index is 0.154. The van der Waals surface area contributed by atoms with Gasteiger partial charge in [0.15, 0.2) is 0 Å². The van der Waals surface area contributed by atoms with Crippen LogP contribution in [0.2, 0.25) is 0 Å². The molecule has 1 saturated heterocycles. The van der Waals surface area contributed by atoms with Gasteiger partial charge >= 0.3 is 0 Å². The van der Waals surface area contributed by atoms with Crippen LogP contribution in [0.5, 0.6) is 5.75 Å². The summed E-state index contributed by atoms with van der Waals surface area (Å²) in [7, 11) is 0. The monoisotopic (exact) mass is 250 g/mol. The fourth-order valence-electron chi connectivity index (χ4n) is 2.47. The Bertz CT molecular complexity index is 347. The number of ether oxygens (including phenoxy) is 2. The fraction of sp³-hybridized carbons (Fsp3) is 0.571. The van der Waals surface area contributed by atoms with Gasteiger partial charge in [-0.25, -0.2) is 0 Å². The summed E-state index contributed by atoms with van der Waals surface area (Å²) in [6.45, 7) is 4.32. The van der Waals surface area contributed by atoms with Crippen LogP contribution in [0.25, 0.3) is 0 Å². The van der Waals surface area contributed by atoms with Gasteiger partial charge in [0.1, 0.15) is 5.75 Å². The van der Waals surface area contributed by atoms with E-state index in [4.69, 9.17) is 15.3 Å². The van der Waals surface area contributed by atoms with Gasteiger partial charge in [-0.1, -0.05) is 12.1 Å². The van der Waals surface area contributed by atoms with Crippen LogP contribution in [0.15, 0.2) is 24.3 Å². The van der Waals surface area contributed by atoms with Gasteiger partial charge in [0.05, 0.1) is 19.3 Å². The zero-order chi connectivity index (χ0) is 12.8. The van der Waals surface area contributed by atoms with E-state index in [-0.39, 0.29) is 6.04 Å². The molecule has 18 heavy (non-hydrogen) atoms. The minimum atomic E-state index is 0.154. The maximum Gasteiger partial charge on any atom is 0.119 e. The van der Waals surface area contributed by atoms with Gasteiger partial charge in [-0.2, -0.15) is 0 Å². The van der Waals surface area contributed by atoms with Crippen molar-refractivity contribution in [3.63, 3.8) is 0 Å². The number of benzene rings is 1. The predicted octanol–water partition coefficient (Wildman–Crippen LogP) is 2.02. The molecule has 100 valence electrons. The van der Waals surface area contributed by atoms with Gasteiger partial charge in [-0.3, -0.25) is 11.3 Å². The van der Waals surface area contributed by atoms with E-state index in [0.717, 1.165) is 31.8 Å². The summed E-state index contributed by atoms with van der Waals surface area (Å²) in [6, 6.07) is 8.29. The van der Waals surface area contributed by atoms with Crippen molar-refractivity contribution in [1.82, 2.24) is 5.43 Å². The average molecular weight is 250 g/mol. The van der Waals surface area contributed by atoms with Crippen molar-refractivity contribution in [3.8, 4) is 5.75 Å². The Kier molecular flexibility index (Phi) is 4.99. The van der Waals surface area contributed by atoms with Crippen molar-refractivity contribution < 1.29 is 9.47 Å². The van der Waals surface area contributed by atoms with Crippen molar-refractivity contribution in [2.24, 2.45) is 11.8 Å². The molecule has 0 spiro atoms. The zero-order valence-corrected chi connectivity index (χ0v) is 10.9. The molecule has 1 aliphatic rings. The van der Waals surface area contributed by atoms with Crippen LogP contribution in [0, 0.1) is 5.92 Å². The highest BCUT2D eigenvalue weighted by Crippen LogP contribution is 2.29. The predicted molar refractivity (Wildman–Crippen MR) is 71.2 cm³/mol. The minimum Gasteiger partial charge on any atom is -0.494 e. The van der Waals surface area contributed by atoms with E-state index >= 15 is 0 Å². The molecule has 0 saturated carbocycles. The molecule has 2 atom stereocenters. The summed E-state index contributed by atoms with van der Waals surface area (Å²) < 4.78 is 11.0. The number of nitrogens with two attached hydrogens (primary N) is 1. The molecule has 1 aromatic carbocycles. The number of hydrogen-bond acceptors (Lipinski definition) is 4. The second kappa shape index (κ2) is 6.73. The summed E-state index contributed by atoms with van der Waals surface area (Å²) >= 11 is 0. The third-order valence-corrected chi connectivity index (χ3v) is 3.40. The first kappa shape index (κ1) is 13.3. The Morgan fingerprint density at radius 1 is 1.44 bits per heavy atom. The maximum absolute atomic E-state index is 5.70. The lowest BCUT2D eigenvalue weighted by Crippen LogP contribution is -2.37. The summed E-state index contributed by atoms with van der Waals surface area (Å²) in [5.74, 6) is 7.04. The molecule has 1 fully saturated rings. The molecule has 4 heteroatoms. The molecule has 1 heterocycles. The van der Waals surface area contributed by atoms with Gasteiger partial charge in [0.2, 0.25) is 0 Å². The molecule has 2 rings (SSSR count). The van der Waals surface area contributed by atoms with E-state index in [0.29, 0.717) is 12.5 Å². The smallest absolute Gasteiger partial charge is 0.119 e. The van der Waals surface area contributed by atoms with Crippen molar-refractivity contribution in [1.29, 1.82) is 0 Å². The molecule has 1 aromatic rings. The third-order valence-electron chi connectivity index (χ3n) is 3.40.